The van der Waals surface area contributed by atoms with E-state index < -0.39 is 11.9 Å². The number of hydrogen-bond donors (Lipinski definition) is 0. The number of aryl methyl sites for hydroxylation is 2. The van der Waals surface area contributed by atoms with Crippen LogP contribution in [0.15, 0.2) is 48.5 Å². The average molecular weight is 379 g/mol. The molecule has 1 aliphatic heterocycles. The molecular formula is C23H25NO4. The fourth-order valence-corrected chi connectivity index (χ4v) is 3.63. The minimum absolute atomic E-state index is 0.0704. The molecule has 28 heavy (non-hydrogen) atoms. The van der Waals surface area contributed by atoms with E-state index in [2.05, 4.69) is 0 Å². The first-order valence-corrected chi connectivity index (χ1v) is 9.48. The maximum Gasteiger partial charge on any atom is 0.311 e. The maximum absolute atomic E-state index is 12.4. The number of amides is 1. The molecule has 0 saturated carbocycles. The van der Waals surface area contributed by atoms with Gasteiger partial charge in [-0.2, -0.15) is 0 Å². The summed E-state index contributed by atoms with van der Waals surface area (Å²) in [4.78, 5) is 38.9. The Morgan fingerprint density at radius 1 is 1.14 bits per heavy atom. The lowest BCUT2D eigenvalue weighted by Crippen LogP contribution is -2.30. The van der Waals surface area contributed by atoms with Crippen molar-refractivity contribution in [2.75, 3.05) is 13.2 Å². The molecule has 1 aliphatic rings. The van der Waals surface area contributed by atoms with Gasteiger partial charge in [-0.1, -0.05) is 54.1 Å². The highest BCUT2D eigenvalue weighted by Gasteiger charge is 2.38. The minimum Gasteiger partial charge on any atom is -0.457 e. The Kier molecular flexibility index (Phi) is 5.93. The molecule has 2 atom stereocenters. The normalized spacial score (nSPS) is 17.5. The van der Waals surface area contributed by atoms with E-state index in [9.17, 15) is 14.4 Å². The van der Waals surface area contributed by atoms with Crippen molar-refractivity contribution in [1.82, 2.24) is 4.90 Å². The number of carbonyl (C=O) groups is 3. The third-order valence-corrected chi connectivity index (χ3v) is 5.27. The zero-order valence-electron chi connectivity index (χ0n) is 16.5. The largest absolute Gasteiger partial charge is 0.457 e. The third-order valence-electron chi connectivity index (χ3n) is 5.27. The third kappa shape index (κ3) is 4.30. The summed E-state index contributed by atoms with van der Waals surface area (Å²) in [5.41, 5.74) is 3.51. The summed E-state index contributed by atoms with van der Waals surface area (Å²) >= 11 is 0. The fraction of sp³-hybridized carbons (Fsp3) is 0.348. The first-order valence-electron chi connectivity index (χ1n) is 9.48. The summed E-state index contributed by atoms with van der Waals surface area (Å²) in [6.07, 6.45) is 0.119. The number of esters is 1. The van der Waals surface area contributed by atoms with Gasteiger partial charge in [0.25, 0.3) is 0 Å². The van der Waals surface area contributed by atoms with Gasteiger partial charge in [0.05, 0.1) is 12.0 Å². The highest BCUT2D eigenvalue weighted by Crippen LogP contribution is 2.29. The molecular weight excluding hydrogens is 354 g/mol. The highest BCUT2D eigenvalue weighted by molar-refractivity contribution is 5.99. The van der Waals surface area contributed by atoms with E-state index in [0.717, 1.165) is 16.7 Å². The van der Waals surface area contributed by atoms with E-state index in [0.29, 0.717) is 12.1 Å². The number of carbonyl (C=O) groups excluding carboxylic acids is 3. The van der Waals surface area contributed by atoms with Crippen molar-refractivity contribution in [1.29, 1.82) is 0 Å². The van der Waals surface area contributed by atoms with Crippen LogP contribution in [-0.4, -0.2) is 35.7 Å². The Bertz CT molecular complexity index is 891. The van der Waals surface area contributed by atoms with Crippen molar-refractivity contribution in [3.63, 3.8) is 0 Å². The lowest BCUT2D eigenvalue weighted by molar-refractivity contribution is -0.147. The monoisotopic (exact) mass is 379 g/mol. The van der Waals surface area contributed by atoms with Gasteiger partial charge in [-0.25, -0.2) is 0 Å². The average Bonchev–Trinajstić information content (AvgIpc) is 3.07. The Hall–Kier alpha value is -2.95. The molecule has 0 bridgehead atoms. The van der Waals surface area contributed by atoms with Crippen molar-refractivity contribution in [2.24, 2.45) is 5.92 Å². The zero-order valence-corrected chi connectivity index (χ0v) is 16.5. The van der Waals surface area contributed by atoms with E-state index in [1.807, 2.05) is 63.2 Å². The van der Waals surface area contributed by atoms with Gasteiger partial charge in [0.1, 0.15) is 0 Å². The van der Waals surface area contributed by atoms with Crippen molar-refractivity contribution in [3.05, 3.63) is 70.8 Å². The van der Waals surface area contributed by atoms with Gasteiger partial charge in [0.15, 0.2) is 6.61 Å². The molecule has 1 saturated heterocycles. The SMILES string of the molecule is Cc1ccc(C(=O)COC(=O)[C@@H]2CC(=O)N([C@H](C)c3ccccc3)C2)c(C)c1. The molecule has 1 amide bonds. The molecule has 1 heterocycles. The molecule has 146 valence electrons. The number of ether oxygens (including phenoxy) is 1. The fourth-order valence-electron chi connectivity index (χ4n) is 3.63. The summed E-state index contributed by atoms with van der Waals surface area (Å²) in [5, 5.41) is 0. The molecule has 1 fully saturated rings. The van der Waals surface area contributed by atoms with E-state index in [1.54, 1.807) is 11.0 Å². The molecule has 0 unspecified atom stereocenters. The number of Topliss-reactive ketones (excluding diaryl/α,β-unsaturated/α-hetero) is 1. The molecule has 0 aromatic heterocycles. The zero-order chi connectivity index (χ0) is 20.3. The second-order valence-corrected chi connectivity index (χ2v) is 7.38. The van der Waals surface area contributed by atoms with Crippen LogP contribution in [0.25, 0.3) is 0 Å². The molecule has 0 aliphatic carbocycles. The van der Waals surface area contributed by atoms with Gasteiger partial charge in [-0.3, -0.25) is 14.4 Å². The van der Waals surface area contributed by atoms with Crippen LogP contribution in [0, 0.1) is 19.8 Å². The van der Waals surface area contributed by atoms with Gasteiger partial charge in [-0.15, -0.1) is 0 Å². The van der Waals surface area contributed by atoms with Crippen LogP contribution >= 0.6 is 0 Å². The quantitative estimate of drug-likeness (QED) is 0.568. The molecule has 2 aromatic rings. The summed E-state index contributed by atoms with van der Waals surface area (Å²) in [6, 6.07) is 15.1. The topological polar surface area (TPSA) is 63.7 Å². The summed E-state index contributed by atoms with van der Waals surface area (Å²) < 4.78 is 5.24. The van der Waals surface area contributed by atoms with Crippen molar-refractivity contribution in [3.8, 4) is 0 Å². The second kappa shape index (κ2) is 8.38. The molecule has 5 heteroatoms. The minimum atomic E-state index is -0.537. The van der Waals surface area contributed by atoms with Gasteiger partial charge in [-0.05, 0) is 31.9 Å². The number of likely N-dealkylation sites (tertiary alicyclic amines) is 1. The number of rotatable bonds is 6. The van der Waals surface area contributed by atoms with Crippen LogP contribution < -0.4 is 0 Å². The van der Waals surface area contributed by atoms with Crippen molar-refractivity contribution < 1.29 is 19.1 Å². The van der Waals surface area contributed by atoms with Crippen LogP contribution in [0.1, 0.15) is 46.4 Å². The Morgan fingerprint density at radius 2 is 1.86 bits per heavy atom. The molecule has 0 N–H and O–H groups in total. The standard InChI is InChI=1S/C23H25NO4/c1-15-9-10-20(16(2)11-15)21(25)14-28-23(27)19-12-22(26)24(13-19)17(3)18-7-5-4-6-8-18/h4-11,17,19H,12-14H2,1-3H3/t17-,19-/m1/s1. The lowest BCUT2D eigenvalue weighted by Gasteiger charge is -2.25. The highest BCUT2D eigenvalue weighted by atomic mass is 16.5. The summed E-state index contributed by atoms with van der Waals surface area (Å²) in [5.74, 6) is -1.33. The first-order chi connectivity index (χ1) is 13.4. The second-order valence-electron chi connectivity index (χ2n) is 7.38. The molecule has 5 nitrogen and oxygen atoms in total. The number of ketones is 1. The van der Waals surface area contributed by atoms with Gasteiger partial charge in [0, 0.05) is 18.5 Å². The first kappa shape index (κ1) is 19.8. The van der Waals surface area contributed by atoms with Crippen LogP contribution in [0.4, 0.5) is 0 Å². The predicted octanol–water partition coefficient (Wildman–Crippen LogP) is 3.64. The van der Waals surface area contributed by atoms with Crippen molar-refractivity contribution in [2.45, 2.75) is 33.2 Å². The lowest BCUT2D eigenvalue weighted by atomic mass is 10.0. The molecule has 2 aromatic carbocycles. The van der Waals surface area contributed by atoms with E-state index in [-0.39, 0.29) is 30.8 Å². The number of hydrogen-bond acceptors (Lipinski definition) is 4. The predicted molar refractivity (Wildman–Crippen MR) is 106 cm³/mol. The maximum atomic E-state index is 12.4. The van der Waals surface area contributed by atoms with E-state index >= 15 is 0 Å². The van der Waals surface area contributed by atoms with E-state index in [1.165, 1.54) is 0 Å². The van der Waals surface area contributed by atoms with Crippen LogP contribution in [-0.2, 0) is 14.3 Å². The Morgan fingerprint density at radius 3 is 2.54 bits per heavy atom. The Balaban J connectivity index is 1.58. The number of benzene rings is 2. The summed E-state index contributed by atoms with van der Waals surface area (Å²) in [6.45, 7) is 5.78. The van der Waals surface area contributed by atoms with Gasteiger partial charge >= 0.3 is 5.97 Å². The summed E-state index contributed by atoms with van der Waals surface area (Å²) in [7, 11) is 0. The van der Waals surface area contributed by atoms with Gasteiger partial charge < -0.3 is 9.64 Å². The van der Waals surface area contributed by atoms with Crippen molar-refractivity contribution >= 4 is 17.7 Å². The van der Waals surface area contributed by atoms with Crippen LogP contribution in [0.3, 0.4) is 0 Å². The van der Waals surface area contributed by atoms with Crippen LogP contribution in [0.2, 0.25) is 0 Å². The number of nitrogens with zero attached hydrogens (tertiary/aromatic N) is 1. The smallest absolute Gasteiger partial charge is 0.311 e. The van der Waals surface area contributed by atoms with Crippen LogP contribution in [0.5, 0.6) is 0 Å². The molecule has 3 rings (SSSR count). The van der Waals surface area contributed by atoms with Gasteiger partial charge in [0.2, 0.25) is 11.7 Å². The molecule has 0 radical (unpaired) electrons. The Labute approximate surface area is 165 Å². The molecule has 0 spiro atoms. The van der Waals surface area contributed by atoms with E-state index in [4.69, 9.17) is 4.74 Å².